The van der Waals surface area contributed by atoms with Crippen LogP contribution in [-0.2, 0) is 11.1 Å². The summed E-state index contributed by atoms with van der Waals surface area (Å²) in [4.78, 5) is 16.5. The van der Waals surface area contributed by atoms with Crippen LogP contribution in [0.1, 0.15) is 12.8 Å². The highest BCUT2D eigenvalue weighted by Gasteiger charge is 2.11. The van der Waals surface area contributed by atoms with Crippen molar-refractivity contribution in [2.45, 2.75) is 17.7 Å². The molecule has 1 unspecified atom stereocenters. The van der Waals surface area contributed by atoms with Crippen molar-refractivity contribution in [1.29, 1.82) is 0 Å². The van der Waals surface area contributed by atoms with E-state index in [-0.39, 0.29) is 0 Å². The third-order valence-electron chi connectivity index (χ3n) is 5.91. The largest absolute Gasteiger partial charge is 0.369 e. The highest BCUT2D eigenvalue weighted by molar-refractivity contribution is 7.79. The summed E-state index contributed by atoms with van der Waals surface area (Å²) in [5.74, 6) is 1.27. The zero-order valence-corrected chi connectivity index (χ0v) is 19.5. The summed E-state index contributed by atoms with van der Waals surface area (Å²) in [7, 11) is 0. The van der Waals surface area contributed by atoms with Gasteiger partial charge in [0.25, 0.3) is 0 Å². The van der Waals surface area contributed by atoms with Crippen LogP contribution in [0.2, 0.25) is 0 Å². The summed E-state index contributed by atoms with van der Waals surface area (Å²) in [6, 6.07) is 16.7. The molecule has 3 heterocycles. The molecule has 1 saturated heterocycles. The monoisotopic (exact) mass is 474 g/mol. The topological polar surface area (TPSA) is 103 Å². The van der Waals surface area contributed by atoms with Crippen LogP contribution < -0.4 is 10.6 Å². The molecular weight excluding hydrogens is 448 g/mol. The van der Waals surface area contributed by atoms with Gasteiger partial charge in [0.1, 0.15) is 5.82 Å². The standard InChI is InChI=1S/C25H26N6O2S/c32-34(33)21-7-4-6-20(15-21)29-25-28-17-19-5-3-8-22(24(19)30-25)18-9-10-23(27-16-18)26-11-14-31-12-1-2-13-31/h3-10,15-17H,1-2,11-14H2,(H,26,27)(H,32,33)(H,28,29,30). The van der Waals surface area contributed by atoms with Crippen LogP contribution in [0.25, 0.3) is 22.0 Å². The number of pyridine rings is 1. The summed E-state index contributed by atoms with van der Waals surface area (Å²) < 4.78 is 20.7. The lowest BCUT2D eigenvalue weighted by atomic mass is 10.0. The van der Waals surface area contributed by atoms with Crippen molar-refractivity contribution < 1.29 is 8.76 Å². The number of benzene rings is 2. The quantitative estimate of drug-likeness (QED) is 0.320. The Morgan fingerprint density at radius 1 is 1.00 bits per heavy atom. The van der Waals surface area contributed by atoms with Gasteiger partial charge in [0.2, 0.25) is 5.95 Å². The normalized spacial score (nSPS) is 14.9. The smallest absolute Gasteiger partial charge is 0.227 e. The van der Waals surface area contributed by atoms with Crippen molar-refractivity contribution >= 4 is 39.4 Å². The van der Waals surface area contributed by atoms with Crippen LogP contribution in [0.3, 0.4) is 0 Å². The second-order valence-electron chi connectivity index (χ2n) is 8.25. The van der Waals surface area contributed by atoms with Crippen molar-refractivity contribution in [3.05, 3.63) is 67.0 Å². The molecule has 174 valence electrons. The van der Waals surface area contributed by atoms with E-state index in [0.717, 1.165) is 40.9 Å². The molecule has 1 aliphatic rings. The van der Waals surface area contributed by atoms with Crippen molar-refractivity contribution in [3.63, 3.8) is 0 Å². The van der Waals surface area contributed by atoms with E-state index in [2.05, 4.69) is 31.6 Å². The van der Waals surface area contributed by atoms with Gasteiger partial charge < -0.3 is 20.1 Å². The predicted octanol–water partition coefficient (Wildman–Crippen LogP) is 4.52. The van der Waals surface area contributed by atoms with E-state index in [4.69, 9.17) is 4.98 Å². The zero-order chi connectivity index (χ0) is 23.3. The maximum absolute atomic E-state index is 11.4. The predicted molar refractivity (Wildman–Crippen MR) is 136 cm³/mol. The Hall–Kier alpha value is -3.40. The Bertz CT molecular complexity index is 1310. The highest BCUT2D eigenvalue weighted by Crippen LogP contribution is 2.28. The lowest BCUT2D eigenvalue weighted by Crippen LogP contribution is -2.26. The first-order valence-corrected chi connectivity index (χ1v) is 12.4. The molecule has 0 bridgehead atoms. The van der Waals surface area contributed by atoms with E-state index in [1.54, 1.807) is 30.5 Å². The lowest BCUT2D eigenvalue weighted by Gasteiger charge is -2.15. The van der Waals surface area contributed by atoms with Crippen LogP contribution in [0, 0.1) is 0 Å². The molecule has 2 aromatic carbocycles. The van der Waals surface area contributed by atoms with Gasteiger partial charge in [0, 0.05) is 47.7 Å². The summed E-state index contributed by atoms with van der Waals surface area (Å²) in [5.41, 5.74) is 3.38. The molecule has 0 aliphatic carbocycles. The maximum Gasteiger partial charge on any atom is 0.227 e. The Morgan fingerprint density at radius 2 is 1.85 bits per heavy atom. The van der Waals surface area contributed by atoms with Crippen LogP contribution in [0.15, 0.2) is 71.9 Å². The fourth-order valence-electron chi connectivity index (χ4n) is 4.17. The molecule has 0 spiro atoms. The van der Waals surface area contributed by atoms with Crippen molar-refractivity contribution in [2.24, 2.45) is 0 Å². The van der Waals surface area contributed by atoms with Gasteiger partial charge in [-0.3, -0.25) is 0 Å². The van der Waals surface area contributed by atoms with Gasteiger partial charge in [-0.2, -0.15) is 0 Å². The summed E-state index contributed by atoms with van der Waals surface area (Å²) in [6.45, 7) is 4.31. The fourth-order valence-corrected chi connectivity index (χ4v) is 4.59. The van der Waals surface area contributed by atoms with E-state index in [1.165, 1.54) is 25.9 Å². The van der Waals surface area contributed by atoms with Crippen molar-refractivity contribution in [1.82, 2.24) is 19.9 Å². The number of anilines is 3. The minimum atomic E-state index is -2.05. The number of rotatable bonds is 8. The van der Waals surface area contributed by atoms with E-state index < -0.39 is 11.1 Å². The number of nitrogens with zero attached hydrogens (tertiary/aromatic N) is 4. The molecule has 9 heteroatoms. The van der Waals surface area contributed by atoms with Gasteiger partial charge in [0.15, 0.2) is 11.1 Å². The molecule has 0 amide bonds. The third-order valence-corrected chi connectivity index (χ3v) is 6.57. The number of nitrogens with one attached hydrogen (secondary N) is 2. The van der Waals surface area contributed by atoms with E-state index in [1.807, 2.05) is 30.5 Å². The molecule has 4 aromatic rings. The number of aromatic nitrogens is 3. The number of hydrogen-bond donors (Lipinski definition) is 3. The van der Waals surface area contributed by atoms with Crippen LogP contribution in [-0.4, -0.2) is 54.8 Å². The first kappa shape index (κ1) is 22.4. The molecule has 3 N–H and O–H groups in total. The molecule has 0 saturated carbocycles. The van der Waals surface area contributed by atoms with E-state index in [0.29, 0.717) is 16.5 Å². The zero-order valence-electron chi connectivity index (χ0n) is 18.6. The second-order valence-corrected chi connectivity index (χ2v) is 9.22. The van der Waals surface area contributed by atoms with Crippen LogP contribution in [0.4, 0.5) is 17.5 Å². The van der Waals surface area contributed by atoms with Gasteiger partial charge in [-0.25, -0.2) is 19.2 Å². The van der Waals surface area contributed by atoms with Crippen molar-refractivity contribution in [2.75, 3.05) is 36.8 Å². The fraction of sp³-hybridized carbons (Fsp3) is 0.240. The summed E-state index contributed by atoms with van der Waals surface area (Å²) in [5, 5.41) is 7.45. The SMILES string of the molecule is O=S(O)c1cccc(Nc2ncc3cccc(-c4ccc(NCCN5CCCC5)nc4)c3n2)c1. The molecule has 34 heavy (non-hydrogen) atoms. The Kier molecular flexibility index (Phi) is 6.75. The minimum Gasteiger partial charge on any atom is -0.369 e. The number of hydrogen-bond acceptors (Lipinski definition) is 7. The van der Waals surface area contributed by atoms with Gasteiger partial charge in [-0.1, -0.05) is 24.3 Å². The average Bonchev–Trinajstić information content (AvgIpc) is 3.38. The first-order chi connectivity index (χ1) is 16.7. The first-order valence-electron chi connectivity index (χ1n) is 11.3. The minimum absolute atomic E-state index is 0.312. The van der Waals surface area contributed by atoms with Gasteiger partial charge >= 0.3 is 0 Å². The average molecular weight is 475 g/mol. The molecule has 8 nitrogen and oxygen atoms in total. The van der Waals surface area contributed by atoms with Crippen molar-refractivity contribution in [3.8, 4) is 11.1 Å². The Labute approximate surface area is 200 Å². The molecule has 1 fully saturated rings. The number of para-hydroxylation sites is 1. The second kappa shape index (κ2) is 10.3. The third kappa shape index (κ3) is 5.22. The maximum atomic E-state index is 11.4. The molecule has 1 aliphatic heterocycles. The summed E-state index contributed by atoms with van der Waals surface area (Å²) >= 11 is -2.05. The molecule has 5 rings (SSSR count). The Balaban J connectivity index is 1.34. The number of fused-ring (bicyclic) bond motifs is 1. The van der Waals surface area contributed by atoms with Crippen LogP contribution >= 0.6 is 0 Å². The van der Waals surface area contributed by atoms with Gasteiger partial charge in [0.05, 0.1) is 10.4 Å². The molecule has 2 aromatic heterocycles. The van der Waals surface area contributed by atoms with Gasteiger partial charge in [-0.15, -0.1) is 0 Å². The molecule has 0 radical (unpaired) electrons. The van der Waals surface area contributed by atoms with E-state index in [9.17, 15) is 8.76 Å². The Morgan fingerprint density at radius 3 is 2.65 bits per heavy atom. The highest BCUT2D eigenvalue weighted by atomic mass is 32.2. The number of likely N-dealkylation sites (tertiary alicyclic amines) is 1. The van der Waals surface area contributed by atoms with Crippen LogP contribution in [0.5, 0.6) is 0 Å². The van der Waals surface area contributed by atoms with E-state index >= 15 is 0 Å². The van der Waals surface area contributed by atoms with Gasteiger partial charge in [-0.05, 0) is 56.3 Å². The molecule has 1 atom stereocenters. The lowest BCUT2D eigenvalue weighted by molar-refractivity contribution is 0.352. The summed E-state index contributed by atoms with van der Waals surface area (Å²) in [6.07, 6.45) is 6.23. The molecular formula is C25H26N6O2S.